The van der Waals surface area contributed by atoms with Gasteiger partial charge in [0.2, 0.25) is 5.78 Å². The highest BCUT2D eigenvalue weighted by atomic mass is 16.5. The minimum absolute atomic E-state index is 0.123. The molecule has 0 spiro atoms. The van der Waals surface area contributed by atoms with E-state index in [1.807, 2.05) is 55.4 Å². The van der Waals surface area contributed by atoms with Gasteiger partial charge >= 0.3 is 11.3 Å². The van der Waals surface area contributed by atoms with Gasteiger partial charge in [-0.25, -0.2) is 9.59 Å². The molecule has 0 fully saturated rings. The molecule has 0 aliphatic rings. The minimum Gasteiger partial charge on any atom is -0.491 e. The number of fused-ring (bicyclic) bond motifs is 2. The first-order valence-corrected chi connectivity index (χ1v) is 13.3. The molecule has 9 heteroatoms. The lowest BCUT2D eigenvalue weighted by atomic mass is 10.0. The predicted molar refractivity (Wildman–Crippen MR) is 151 cm³/mol. The summed E-state index contributed by atoms with van der Waals surface area (Å²) in [5.41, 5.74) is -2.12. The molecule has 212 valence electrons. The first kappa shape index (κ1) is 28.7. The van der Waals surface area contributed by atoms with Crippen molar-refractivity contribution in [3.63, 3.8) is 0 Å². The first-order valence-electron chi connectivity index (χ1n) is 13.3. The molecule has 0 unspecified atom stereocenters. The molecule has 2 aromatic carbocycles. The van der Waals surface area contributed by atoms with Gasteiger partial charge in [0, 0.05) is 24.3 Å². The summed E-state index contributed by atoms with van der Waals surface area (Å²) in [7, 11) is 0. The molecule has 0 aliphatic carbocycles. The Hall–Kier alpha value is -4.27. The molecular weight excluding hydrogens is 516 g/mol. The van der Waals surface area contributed by atoms with E-state index in [0.717, 1.165) is 0 Å². The average molecular weight is 551 g/mol. The molecular formula is C31H34O9. The molecule has 0 atom stereocenters. The van der Waals surface area contributed by atoms with Crippen molar-refractivity contribution in [3.05, 3.63) is 68.4 Å². The number of rotatable bonds is 10. The maximum Gasteiger partial charge on any atom is 0.347 e. The lowest BCUT2D eigenvalue weighted by molar-refractivity contribution is 0.103. The third kappa shape index (κ3) is 6.30. The molecule has 0 amide bonds. The van der Waals surface area contributed by atoms with E-state index in [-0.39, 0.29) is 46.7 Å². The third-order valence-corrected chi connectivity index (χ3v) is 5.54. The van der Waals surface area contributed by atoms with Crippen LogP contribution in [0.25, 0.3) is 21.9 Å². The van der Waals surface area contributed by atoms with Crippen molar-refractivity contribution in [2.45, 2.75) is 79.8 Å². The fraction of sp³-hybridized carbons (Fsp3) is 0.387. The molecule has 0 saturated heterocycles. The Kier molecular flexibility index (Phi) is 8.23. The summed E-state index contributed by atoms with van der Waals surface area (Å²) in [5.74, 6) is 0.805. The Bertz CT molecular complexity index is 1550. The lowest BCUT2D eigenvalue weighted by Crippen LogP contribution is -2.21. The monoisotopic (exact) mass is 550 g/mol. The van der Waals surface area contributed by atoms with E-state index < -0.39 is 17.0 Å². The molecule has 0 N–H and O–H groups in total. The first-order chi connectivity index (χ1) is 18.8. The van der Waals surface area contributed by atoms with Crippen LogP contribution in [0.5, 0.6) is 23.0 Å². The van der Waals surface area contributed by atoms with Crippen LogP contribution in [0.2, 0.25) is 0 Å². The standard InChI is InChI=1S/C31H34O9/c1-15(2)35-19-9-25(37-17(5)6)21-13-23(30(33)39-27(21)11-19)29(32)24-14-22-26(38-18(7)8)10-20(36-16(3)4)12-28(22)40-31(24)34/h9-18H,1-8H3. The molecule has 9 nitrogen and oxygen atoms in total. The van der Waals surface area contributed by atoms with Crippen LogP contribution in [-0.4, -0.2) is 30.2 Å². The van der Waals surface area contributed by atoms with Crippen molar-refractivity contribution in [1.82, 2.24) is 0 Å². The molecule has 4 aromatic rings. The van der Waals surface area contributed by atoms with Gasteiger partial charge in [-0.2, -0.15) is 0 Å². The van der Waals surface area contributed by atoms with Gasteiger partial charge in [0.15, 0.2) is 0 Å². The maximum absolute atomic E-state index is 13.6. The number of hydrogen-bond donors (Lipinski definition) is 0. The van der Waals surface area contributed by atoms with Gasteiger partial charge in [-0.15, -0.1) is 0 Å². The average Bonchev–Trinajstić information content (AvgIpc) is 2.81. The quantitative estimate of drug-likeness (QED) is 0.166. The Balaban J connectivity index is 1.88. The highest BCUT2D eigenvalue weighted by molar-refractivity contribution is 6.11. The zero-order valence-corrected chi connectivity index (χ0v) is 23.9. The third-order valence-electron chi connectivity index (χ3n) is 5.54. The largest absolute Gasteiger partial charge is 0.491 e. The molecule has 0 aliphatic heterocycles. The van der Waals surface area contributed by atoms with Crippen molar-refractivity contribution in [3.8, 4) is 23.0 Å². The Morgan fingerprint density at radius 2 is 0.900 bits per heavy atom. The topological polar surface area (TPSA) is 114 Å². The van der Waals surface area contributed by atoms with Crippen LogP contribution in [0.3, 0.4) is 0 Å². The number of hydrogen-bond acceptors (Lipinski definition) is 9. The molecule has 2 aromatic heterocycles. The van der Waals surface area contributed by atoms with Crippen LogP contribution in [0, 0.1) is 0 Å². The van der Waals surface area contributed by atoms with Crippen molar-refractivity contribution in [2.24, 2.45) is 0 Å². The van der Waals surface area contributed by atoms with Gasteiger partial charge in [-0.05, 0) is 67.5 Å². The van der Waals surface area contributed by atoms with E-state index in [1.54, 1.807) is 24.3 Å². The van der Waals surface area contributed by atoms with Gasteiger partial charge in [0.25, 0.3) is 0 Å². The number of benzene rings is 2. The van der Waals surface area contributed by atoms with E-state index in [4.69, 9.17) is 27.8 Å². The van der Waals surface area contributed by atoms with Gasteiger partial charge in [0.05, 0.1) is 35.2 Å². The molecule has 4 rings (SSSR count). The summed E-state index contributed by atoms with van der Waals surface area (Å²) in [6.45, 7) is 14.9. The van der Waals surface area contributed by atoms with Gasteiger partial charge < -0.3 is 27.8 Å². The van der Waals surface area contributed by atoms with E-state index in [2.05, 4.69) is 0 Å². The summed E-state index contributed by atoms with van der Waals surface area (Å²) in [5, 5.41) is 0.773. The summed E-state index contributed by atoms with van der Waals surface area (Å²) >= 11 is 0. The van der Waals surface area contributed by atoms with Gasteiger partial charge in [0.1, 0.15) is 45.3 Å². The van der Waals surface area contributed by atoms with Crippen molar-refractivity contribution >= 4 is 27.7 Å². The fourth-order valence-electron chi connectivity index (χ4n) is 4.17. The minimum atomic E-state index is -0.909. The summed E-state index contributed by atoms with van der Waals surface area (Å²) in [6.07, 6.45) is -0.664. The molecule has 0 bridgehead atoms. The van der Waals surface area contributed by atoms with Crippen molar-refractivity contribution in [1.29, 1.82) is 0 Å². The van der Waals surface area contributed by atoms with Crippen LogP contribution in [-0.2, 0) is 0 Å². The normalized spacial score (nSPS) is 11.7. The van der Waals surface area contributed by atoms with Crippen LogP contribution in [0.15, 0.2) is 54.8 Å². The predicted octanol–water partition coefficient (Wildman–Crippen LogP) is 6.28. The number of carbonyl (C=O) groups excluding carboxylic acids is 1. The number of ether oxygens (including phenoxy) is 4. The molecule has 2 heterocycles. The highest BCUT2D eigenvalue weighted by Gasteiger charge is 2.24. The van der Waals surface area contributed by atoms with E-state index >= 15 is 0 Å². The number of carbonyl (C=O) groups is 1. The van der Waals surface area contributed by atoms with Crippen LogP contribution < -0.4 is 30.2 Å². The zero-order chi connectivity index (χ0) is 29.3. The van der Waals surface area contributed by atoms with Gasteiger partial charge in [-0.1, -0.05) is 0 Å². The number of ketones is 1. The fourth-order valence-corrected chi connectivity index (χ4v) is 4.17. The lowest BCUT2D eigenvalue weighted by Gasteiger charge is -2.16. The SMILES string of the molecule is CC(C)Oc1cc(OC(C)C)c2cc(C(=O)c3cc4c(OC(C)C)cc(OC(C)C)cc4oc3=O)c(=O)oc2c1. The van der Waals surface area contributed by atoms with Crippen LogP contribution >= 0.6 is 0 Å². The van der Waals surface area contributed by atoms with E-state index in [1.165, 1.54) is 12.1 Å². The second kappa shape index (κ2) is 11.5. The van der Waals surface area contributed by atoms with Crippen LogP contribution in [0.4, 0.5) is 0 Å². The van der Waals surface area contributed by atoms with Crippen molar-refractivity contribution < 1.29 is 32.6 Å². The molecule has 40 heavy (non-hydrogen) atoms. The zero-order valence-electron chi connectivity index (χ0n) is 23.9. The Morgan fingerprint density at radius 1 is 0.550 bits per heavy atom. The smallest absolute Gasteiger partial charge is 0.347 e. The molecule has 0 saturated carbocycles. The second-order valence-corrected chi connectivity index (χ2v) is 10.6. The summed E-state index contributed by atoms with van der Waals surface area (Å²) in [6, 6.07) is 9.22. The maximum atomic E-state index is 13.6. The van der Waals surface area contributed by atoms with Gasteiger partial charge in [-0.3, -0.25) is 4.79 Å². The van der Waals surface area contributed by atoms with Crippen LogP contribution in [0.1, 0.15) is 71.3 Å². The Morgan fingerprint density at radius 3 is 1.23 bits per heavy atom. The molecule has 0 radical (unpaired) electrons. The Labute approximate surface area is 231 Å². The second-order valence-electron chi connectivity index (χ2n) is 10.6. The summed E-state index contributed by atoms with van der Waals surface area (Å²) in [4.78, 5) is 39.6. The highest BCUT2D eigenvalue weighted by Crippen LogP contribution is 2.34. The summed E-state index contributed by atoms with van der Waals surface area (Å²) < 4.78 is 34.5. The van der Waals surface area contributed by atoms with Crippen molar-refractivity contribution in [2.75, 3.05) is 0 Å². The van der Waals surface area contributed by atoms with E-state index in [0.29, 0.717) is 33.8 Å². The van der Waals surface area contributed by atoms with E-state index in [9.17, 15) is 14.4 Å².